The van der Waals surface area contributed by atoms with E-state index < -0.39 is 0 Å². The van der Waals surface area contributed by atoms with Gasteiger partial charge < -0.3 is 9.88 Å². The number of benzene rings is 1. The second kappa shape index (κ2) is 6.83. The van der Waals surface area contributed by atoms with Crippen molar-refractivity contribution in [2.45, 2.75) is 26.4 Å². The molecule has 0 fully saturated rings. The Labute approximate surface area is 122 Å². The lowest BCUT2D eigenvalue weighted by molar-refractivity contribution is -0.121. The lowest BCUT2D eigenvalue weighted by Crippen LogP contribution is -2.27. The second-order valence-corrected chi connectivity index (χ2v) is 4.76. The van der Waals surface area contributed by atoms with E-state index in [1.807, 2.05) is 6.92 Å². The summed E-state index contributed by atoms with van der Waals surface area (Å²) >= 11 is 0. The van der Waals surface area contributed by atoms with Crippen LogP contribution in [0.3, 0.4) is 0 Å². The molecule has 0 spiro atoms. The first-order chi connectivity index (χ1) is 10.1. The lowest BCUT2D eigenvalue weighted by atomic mass is 10.2. The standard InChI is InChI=1S/C16H17FN2O2/c1-2-13-10-19(8-7-15(13)20)11-16(21)18-9-12-3-5-14(17)6-4-12/h3-8,10H,2,9,11H2,1H3,(H,18,21). The van der Waals surface area contributed by atoms with Crippen LogP contribution < -0.4 is 10.7 Å². The molecule has 0 bridgehead atoms. The summed E-state index contributed by atoms with van der Waals surface area (Å²) in [4.78, 5) is 23.3. The Morgan fingerprint density at radius 1 is 1.24 bits per heavy atom. The van der Waals surface area contributed by atoms with E-state index in [4.69, 9.17) is 0 Å². The minimum Gasteiger partial charge on any atom is -0.350 e. The van der Waals surface area contributed by atoms with Crippen molar-refractivity contribution in [3.05, 3.63) is 69.9 Å². The molecular formula is C16H17FN2O2. The number of pyridine rings is 1. The van der Waals surface area contributed by atoms with E-state index >= 15 is 0 Å². The molecule has 0 aliphatic carbocycles. The molecule has 21 heavy (non-hydrogen) atoms. The van der Waals surface area contributed by atoms with Crippen molar-refractivity contribution in [3.8, 4) is 0 Å². The Kier molecular flexibility index (Phi) is 4.87. The fourth-order valence-electron chi connectivity index (χ4n) is 1.97. The highest BCUT2D eigenvalue weighted by molar-refractivity contribution is 5.75. The summed E-state index contributed by atoms with van der Waals surface area (Å²) in [7, 11) is 0. The van der Waals surface area contributed by atoms with Crippen LogP contribution in [0.1, 0.15) is 18.1 Å². The van der Waals surface area contributed by atoms with Crippen molar-refractivity contribution in [2.24, 2.45) is 0 Å². The van der Waals surface area contributed by atoms with E-state index in [1.165, 1.54) is 18.2 Å². The predicted molar refractivity (Wildman–Crippen MR) is 78.3 cm³/mol. The molecule has 5 heteroatoms. The number of carbonyl (C=O) groups is 1. The van der Waals surface area contributed by atoms with Crippen LogP contribution in [0.4, 0.5) is 4.39 Å². The molecule has 0 radical (unpaired) electrons. The van der Waals surface area contributed by atoms with Gasteiger partial charge in [0.05, 0.1) is 0 Å². The van der Waals surface area contributed by atoms with Crippen molar-refractivity contribution in [1.29, 1.82) is 0 Å². The average Bonchev–Trinajstić information content (AvgIpc) is 2.48. The molecule has 0 saturated carbocycles. The highest BCUT2D eigenvalue weighted by Crippen LogP contribution is 2.02. The first kappa shape index (κ1) is 15.0. The van der Waals surface area contributed by atoms with Crippen LogP contribution in [0.5, 0.6) is 0 Å². The summed E-state index contributed by atoms with van der Waals surface area (Å²) in [6.45, 7) is 2.39. The summed E-state index contributed by atoms with van der Waals surface area (Å²) < 4.78 is 14.4. The van der Waals surface area contributed by atoms with Crippen molar-refractivity contribution in [2.75, 3.05) is 0 Å². The second-order valence-electron chi connectivity index (χ2n) is 4.76. The number of nitrogens with zero attached hydrogens (tertiary/aromatic N) is 1. The van der Waals surface area contributed by atoms with Gasteiger partial charge >= 0.3 is 0 Å². The van der Waals surface area contributed by atoms with Crippen LogP contribution in [0.15, 0.2) is 47.5 Å². The van der Waals surface area contributed by atoms with E-state index in [-0.39, 0.29) is 23.7 Å². The van der Waals surface area contributed by atoms with Gasteiger partial charge in [-0.25, -0.2) is 4.39 Å². The van der Waals surface area contributed by atoms with Gasteiger partial charge in [-0.3, -0.25) is 9.59 Å². The molecule has 2 aromatic rings. The molecule has 2 rings (SSSR count). The summed E-state index contributed by atoms with van der Waals surface area (Å²) in [5.41, 5.74) is 1.50. The molecule has 0 aliphatic heterocycles. The molecule has 1 aromatic heterocycles. The zero-order chi connectivity index (χ0) is 15.2. The highest BCUT2D eigenvalue weighted by atomic mass is 19.1. The molecule has 4 nitrogen and oxygen atoms in total. The third-order valence-electron chi connectivity index (χ3n) is 3.17. The molecule has 0 unspecified atom stereocenters. The van der Waals surface area contributed by atoms with Gasteiger partial charge in [0.25, 0.3) is 0 Å². The summed E-state index contributed by atoms with van der Waals surface area (Å²) in [6, 6.07) is 7.44. The summed E-state index contributed by atoms with van der Waals surface area (Å²) in [5.74, 6) is -0.463. The maximum Gasteiger partial charge on any atom is 0.240 e. The van der Waals surface area contributed by atoms with E-state index in [0.717, 1.165) is 5.56 Å². The number of hydrogen-bond donors (Lipinski definition) is 1. The topological polar surface area (TPSA) is 51.1 Å². The summed E-state index contributed by atoms with van der Waals surface area (Å²) in [5, 5.41) is 2.76. The molecule has 1 N–H and O–H groups in total. The smallest absolute Gasteiger partial charge is 0.240 e. The van der Waals surface area contributed by atoms with Gasteiger partial charge in [-0.2, -0.15) is 0 Å². The third-order valence-corrected chi connectivity index (χ3v) is 3.17. The third kappa shape index (κ3) is 4.27. The largest absolute Gasteiger partial charge is 0.350 e. The quantitative estimate of drug-likeness (QED) is 0.913. The molecule has 1 aromatic carbocycles. The van der Waals surface area contributed by atoms with Crippen LogP contribution in [-0.4, -0.2) is 10.5 Å². The van der Waals surface area contributed by atoms with Crippen LogP contribution in [0.25, 0.3) is 0 Å². The van der Waals surface area contributed by atoms with Gasteiger partial charge in [0.15, 0.2) is 5.43 Å². The monoisotopic (exact) mass is 288 g/mol. The van der Waals surface area contributed by atoms with Crippen molar-refractivity contribution < 1.29 is 9.18 Å². The van der Waals surface area contributed by atoms with Crippen molar-refractivity contribution in [1.82, 2.24) is 9.88 Å². The minimum atomic E-state index is -0.301. The van der Waals surface area contributed by atoms with Crippen LogP contribution in [0, 0.1) is 5.82 Å². The Hall–Kier alpha value is -2.43. The zero-order valence-electron chi connectivity index (χ0n) is 11.8. The summed E-state index contributed by atoms with van der Waals surface area (Å²) in [6.07, 6.45) is 3.93. The fourth-order valence-corrected chi connectivity index (χ4v) is 1.97. The number of rotatable bonds is 5. The predicted octanol–water partition coefficient (Wildman–Crippen LogP) is 1.87. The molecule has 0 atom stereocenters. The van der Waals surface area contributed by atoms with Crippen molar-refractivity contribution in [3.63, 3.8) is 0 Å². The molecule has 1 amide bonds. The normalized spacial score (nSPS) is 10.4. The number of nitrogens with one attached hydrogen (secondary N) is 1. The average molecular weight is 288 g/mol. The number of halogens is 1. The molecule has 0 saturated heterocycles. The first-order valence-electron chi connectivity index (χ1n) is 6.78. The molecule has 1 heterocycles. The number of amides is 1. The van der Waals surface area contributed by atoms with Gasteiger partial charge in [0.2, 0.25) is 5.91 Å². The Morgan fingerprint density at radius 2 is 1.95 bits per heavy atom. The highest BCUT2D eigenvalue weighted by Gasteiger charge is 2.04. The molecule has 110 valence electrons. The maximum absolute atomic E-state index is 12.8. The van der Waals surface area contributed by atoms with Gasteiger partial charge in [0, 0.05) is 30.6 Å². The van der Waals surface area contributed by atoms with E-state index in [9.17, 15) is 14.0 Å². The number of carbonyl (C=O) groups excluding carboxylic acids is 1. The molecule has 0 aliphatic rings. The van der Waals surface area contributed by atoms with Crippen LogP contribution >= 0.6 is 0 Å². The zero-order valence-corrected chi connectivity index (χ0v) is 11.8. The maximum atomic E-state index is 12.8. The Morgan fingerprint density at radius 3 is 2.62 bits per heavy atom. The number of hydrogen-bond acceptors (Lipinski definition) is 2. The van der Waals surface area contributed by atoms with E-state index in [1.54, 1.807) is 29.1 Å². The Bertz CT molecular complexity index is 677. The van der Waals surface area contributed by atoms with Gasteiger partial charge in [-0.1, -0.05) is 19.1 Å². The molecular weight excluding hydrogens is 271 g/mol. The fraction of sp³-hybridized carbons (Fsp3) is 0.250. The minimum absolute atomic E-state index is 0.0135. The lowest BCUT2D eigenvalue weighted by Gasteiger charge is -2.09. The van der Waals surface area contributed by atoms with Gasteiger partial charge in [-0.15, -0.1) is 0 Å². The van der Waals surface area contributed by atoms with Crippen LogP contribution in [0.2, 0.25) is 0 Å². The van der Waals surface area contributed by atoms with Crippen molar-refractivity contribution >= 4 is 5.91 Å². The number of aryl methyl sites for hydroxylation is 1. The Balaban J connectivity index is 1.92. The first-order valence-corrected chi connectivity index (χ1v) is 6.78. The van der Waals surface area contributed by atoms with Gasteiger partial charge in [-0.05, 0) is 24.1 Å². The van der Waals surface area contributed by atoms with Gasteiger partial charge in [0.1, 0.15) is 12.4 Å². The van der Waals surface area contributed by atoms with E-state index in [0.29, 0.717) is 18.5 Å². The van der Waals surface area contributed by atoms with Crippen LogP contribution in [-0.2, 0) is 24.3 Å². The van der Waals surface area contributed by atoms with E-state index in [2.05, 4.69) is 5.32 Å². The number of aromatic nitrogens is 1. The SMILES string of the molecule is CCc1cn(CC(=O)NCc2ccc(F)cc2)ccc1=O.